The maximum Gasteiger partial charge on any atom is 0.142 e. The maximum absolute atomic E-state index is 13.2. The van der Waals surface area contributed by atoms with Crippen molar-refractivity contribution in [3.8, 4) is 0 Å². The molecule has 1 fully saturated rings. The molecule has 1 atom stereocenters. The topological polar surface area (TPSA) is 23.5 Å². The van der Waals surface area contributed by atoms with E-state index >= 15 is 0 Å². The van der Waals surface area contributed by atoms with Crippen LogP contribution in [0.5, 0.6) is 0 Å². The van der Waals surface area contributed by atoms with E-state index in [1.165, 1.54) is 6.07 Å². The molecule has 0 spiro atoms. The van der Waals surface area contributed by atoms with Crippen LogP contribution in [0, 0.1) is 5.82 Å². The summed E-state index contributed by atoms with van der Waals surface area (Å²) >= 11 is 5.86. The number of hydrogen-bond acceptors (Lipinski definition) is 2. The summed E-state index contributed by atoms with van der Waals surface area (Å²) in [4.78, 5) is 2.00. The number of hydrogen-bond donors (Lipinski definition) is 1. The lowest BCUT2D eigenvalue weighted by molar-refractivity contribution is 0.0487. The third-order valence-corrected chi connectivity index (χ3v) is 3.28. The molecule has 15 heavy (non-hydrogen) atoms. The summed E-state index contributed by atoms with van der Waals surface area (Å²) in [5.41, 5.74) is -0.512. The average molecular weight is 230 g/mol. The van der Waals surface area contributed by atoms with Gasteiger partial charge in [-0.15, -0.1) is 0 Å². The molecule has 1 aromatic rings. The molecule has 2 nitrogen and oxygen atoms in total. The zero-order valence-electron chi connectivity index (χ0n) is 8.50. The van der Waals surface area contributed by atoms with Crippen LogP contribution in [0.2, 0.25) is 5.02 Å². The predicted octanol–water partition coefficient (Wildman–Crippen LogP) is 2.00. The number of rotatable bonds is 1. The second kappa shape index (κ2) is 3.74. The van der Waals surface area contributed by atoms with E-state index < -0.39 is 11.4 Å². The molecule has 1 N–H and O–H groups in total. The molecular formula is C11H13ClFNO. The summed E-state index contributed by atoms with van der Waals surface area (Å²) in [6, 6.07) is 4.56. The molecule has 0 amide bonds. The van der Waals surface area contributed by atoms with Gasteiger partial charge in [-0.05, 0) is 19.5 Å². The fraction of sp³-hybridized carbons (Fsp3) is 0.455. The second-order valence-corrected chi connectivity index (χ2v) is 4.50. The van der Waals surface area contributed by atoms with Gasteiger partial charge in [0.25, 0.3) is 0 Å². The van der Waals surface area contributed by atoms with E-state index in [1.54, 1.807) is 12.1 Å². The van der Waals surface area contributed by atoms with Gasteiger partial charge in [-0.25, -0.2) is 4.39 Å². The lowest BCUT2D eigenvalue weighted by Crippen LogP contribution is -2.29. The summed E-state index contributed by atoms with van der Waals surface area (Å²) in [6.45, 7) is 1.29. The van der Waals surface area contributed by atoms with E-state index in [0.717, 1.165) is 6.54 Å². The Morgan fingerprint density at radius 1 is 1.53 bits per heavy atom. The van der Waals surface area contributed by atoms with E-state index in [4.69, 9.17) is 11.6 Å². The number of nitrogens with zero attached hydrogens (tertiary/aromatic N) is 1. The molecule has 2 rings (SSSR count). The van der Waals surface area contributed by atoms with E-state index in [-0.39, 0.29) is 5.02 Å². The number of halogens is 2. The first-order valence-corrected chi connectivity index (χ1v) is 5.26. The Labute approximate surface area is 93.3 Å². The van der Waals surface area contributed by atoms with Crippen LogP contribution in [0.25, 0.3) is 0 Å². The first-order valence-electron chi connectivity index (χ1n) is 4.88. The Kier molecular flexibility index (Phi) is 2.71. The molecular weight excluding hydrogens is 217 g/mol. The Balaban J connectivity index is 2.41. The fourth-order valence-corrected chi connectivity index (χ4v) is 2.37. The quantitative estimate of drug-likeness (QED) is 0.796. The second-order valence-electron chi connectivity index (χ2n) is 4.12. The summed E-state index contributed by atoms with van der Waals surface area (Å²) in [5, 5.41) is 10.4. The molecule has 0 aliphatic carbocycles. The van der Waals surface area contributed by atoms with E-state index in [1.807, 2.05) is 11.9 Å². The number of aliphatic hydroxyl groups is 1. The van der Waals surface area contributed by atoms with Gasteiger partial charge in [-0.2, -0.15) is 0 Å². The lowest BCUT2D eigenvalue weighted by Gasteiger charge is -2.24. The minimum atomic E-state index is -1.01. The Morgan fingerprint density at radius 3 is 2.87 bits per heavy atom. The van der Waals surface area contributed by atoms with Crippen molar-refractivity contribution in [1.82, 2.24) is 4.90 Å². The van der Waals surface area contributed by atoms with Crippen LogP contribution < -0.4 is 0 Å². The Bertz CT molecular complexity index is 385. The molecule has 1 aliphatic heterocycles. The van der Waals surface area contributed by atoms with Crippen LogP contribution in [0.1, 0.15) is 12.0 Å². The van der Waals surface area contributed by atoms with Crippen molar-refractivity contribution in [3.63, 3.8) is 0 Å². The molecule has 0 radical (unpaired) electrons. The maximum atomic E-state index is 13.2. The van der Waals surface area contributed by atoms with Crippen molar-refractivity contribution >= 4 is 11.6 Å². The van der Waals surface area contributed by atoms with Gasteiger partial charge in [0, 0.05) is 18.7 Å². The van der Waals surface area contributed by atoms with Crippen molar-refractivity contribution < 1.29 is 9.50 Å². The molecule has 1 heterocycles. The van der Waals surface area contributed by atoms with Crippen LogP contribution in [0.15, 0.2) is 18.2 Å². The molecule has 4 heteroatoms. The van der Waals surface area contributed by atoms with Gasteiger partial charge in [0.1, 0.15) is 11.4 Å². The first-order chi connectivity index (χ1) is 7.03. The van der Waals surface area contributed by atoms with E-state index in [0.29, 0.717) is 18.5 Å². The standard InChI is InChI=1S/C11H13ClFNO/c1-14-6-5-11(15,7-14)8-3-2-4-9(13)10(8)12/h2-4,15H,5-7H2,1H3. The SMILES string of the molecule is CN1CCC(O)(c2cccc(F)c2Cl)C1. The molecule has 82 valence electrons. The third kappa shape index (κ3) is 1.87. The minimum absolute atomic E-state index is 0.0373. The number of likely N-dealkylation sites (tertiary alicyclic amines) is 1. The largest absolute Gasteiger partial charge is 0.384 e. The zero-order valence-corrected chi connectivity index (χ0v) is 9.26. The minimum Gasteiger partial charge on any atom is -0.384 e. The lowest BCUT2D eigenvalue weighted by atomic mass is 9.93. The van der Waals surface area contributed by atoms with Gasteiger partial charge in [0.15, 0.2) is 0 Å². The van der Waals surface area contributed by atoms with Gasteiger partial charge in [0.2, 0.25) is 0 Å². The van der Waals surface area contributed by atoms with Crippen LogP contribution in [0.3, 0.4) is 0 Å². The fourth-order valence-electron chi connectivity index (χ4n) is 2.06. The predicted molar refractivity (Wildman–Crippen MR) is 57.4 cm³/mol. The summed E-state index contributed by atoms with van der Waals surface area (Å²) in [6.07, 6.45) is 0.590. The van der Waals surface area contributed by atoms with Crippen molar-refractivity contribution in [2.24, 2.45) is 0 Å². The summed E-state index contributed by atoms with van der Waals surface area (Å²) in [7, 11) is 1.92. The molecule has 0 saturated carbocycles. The average Bonchev–Trinajstić information content (AvgIpc) is 2.52. The van der Waals surface area contributed by atoms with Crippen molar-refractivity contribution in [2.45, 2.75) is 12.0 Å². The summed E-state index contributed by atoms with van der Waals surface area (Å²) < 4.78 is 13.2. The number of β-amino-alcohol motifs (C(OH)–C–C–N with tert-alkyl or cyclic N) is 1. The van der Waals surface area contributed by atoms with Crippen molar-refractivity contribution in [3.05, 3.63) is 34.6 Å². The molecule has 1 unspecified atom stereocenters. The molecule has 1 aliphatic rings. The smallest absolute Gasteiger partial charge is 0.142 e. The van der Waals surface area contributed by atoms with Crippen LogP contribution in [-0.4, -0.2) is 30.1 Å². The third-order valence-electron chi connectivity index (χ3n) is 2.89. The summed E-state index contributed by atoms with van der Waals surface area (Å²) in [5.74, 6) is -0.475. The molecule has 1 aromatic carbocycles. The van der Waals surface area contributed by atoms with Gasteiger partial charge in [0.05, 0.1) is 5.02 Å². The van der Waals surface area contributed by atoms with Gasteiger partial charge >= 0.3 is 0 Å². The van der Waals surface area contributed by atoms with Crippen molar-refractivity contribution in [1.29, 1.82) is 0 Å². The highest BCUT2D eigenvalue weighted by Crippen LogP contribution is 2.36. The van der Waals surface area contributed by atoms with Crippen LogP contribution >= 0.6 is 11.6 Å². The number of benzene rings is 1. The molecule has 0 bridgehead atoms. The molecule has 0 aromatic heterocycles. The normalized spacial score (nSPS) is 27.2. The Morgan fingerprint density at radius 2 is 2.27 bits per heavy atom. The van der Waals surface area contributed by atoms with Gasteiger partial charge in [-0.1, -0.05) is 23.7 Å². The highest BCUT2D eigenvalue weighted by Gasteiger charge is 2.38. The van der Waals surface area contributed by atoms with Gasteiger partial charge < -0.3 is 10.0 Å². The molecule has 1 saturated heterocycles. The zero-order chi connectivity index (χ0) is 11.1. The van der Waals surface area contributed by atoms with Gasteiger partial charge in [-0.3, -0.25) is 0 Å². The van der Waals surface area contributed by atoms with E-state index in [2.05, 4.69) is 0 Å². The van der Waals surface area contributed by atoms with Crippen molar-refractivity contribution in [2.75, 3.05) is 20.1 Å². The highest BCUT2D eigenvalue weighted by molar-refractivity contribution is 6.31. The highest BCUT2D eigenvalue weighted by atomic mass is 35.5. The monoisotopic (exact) mass is 229 g/mol. The first kappa shape index (κ1) is 10.9. The Hall–Kier alpha value is -0.640. The van der Waals surface area contributed by atoms with Crippen LogP contribution in [-0.2, 0) is 5.60 Å². The van der Waals surface area contributed by atoms with Crippen LogP contribution in [0.4, 0.5) is 4.39 Å². The number of likely N-dealkylation sites (N-methyl/N-ethyl adjacent to an activating group) is 1. The van der Waals surface area contributed by atoms with E-state index in [9.17, 15) is 9.50 Å².